The van der Waals surface area contributed by atoms with Crippen molar-refractivity contribution in [3.05, 3.63) is 125 Å². The first kappa shape index (κ1) is 21.7. The number of rotatable bonds is 8. The molecule has 2 aromatic heterocycles. The van der Waals surface area contributed by atoms with E-state index in [0.717, 1.165) is 11.1 Å². The maximum atomic E-state index is 12.5. The Labute approximate surface area is 190 Å². The van der Waals surface area contributed by atoms with Gasteiger partial charge in [-0.15, -0.1) is 0 Å². The summed E-state index contributed by atoms with van der Waals surface area (Å²) in [5.41, 5.74) is 3.04. The Hall–Kier alpha value is -4.52. The van der Waals surface area contributed by atoms with Crippen molar-refractivity contribution in [2.45, 2.75) is 13.1 Å². The van der Waals surface area contributed by atoms with Crippen LogP contribution in [0, 0.1) is 10.1 Å². The van der Waals surface area contributed by atoms with E-state index in [1.54, 1.807) is 4.57 Å². The van der Waals surface area contributed by atoms with E-state index in [1.165, 1.54) is 24.3 Å². The molecule has 7 heteroatoms. The number of nitrogens with zero attached hydrogens (tertiary/aromatic N) is 3. The van der Waals surface area contributed by atoms with Gasteiger partial charge in [0.25, 0.3) is 5.69 Å². The Kier molecular flexibility index (Phi) is 6.40. The summed E-state index contributed by atoms with van der Waals surface area (Å²) < 4.78 is 3.60. The van der Waals surface area contributed by atoms with Crippen LogP contribution >= 0.6 is 0 Å². The summed E-state index contributed by atoms with van der Waals surface area (Å²) in [5.74, 6) is -0.0849. The van der Waals surface area contributed by atoms with Gasteiger partial charge in [0.05, 0.1) is 4.92 Å². The highest BCUT2D eigenvalue weighted by atomic mass is 16.6. The second-order valence-electron chi connectivity index (χ2n) is 7.53. The van der Waals surface area contributed by atoms with Gasteiger partial charge in [0.2, 0.25) is 24.7 Å². The fraction of sp³-hybridized carbons (Fsp3) is 0.0769. The van der Waals surface area contributed by atoms with E-state index < -0.39 is 4.92 Å². The summed E-state index contributed by atoms with van der Waals surface area (Å²) in [7, 11) is 0. The van der Waals surface area contributed by atoms with E-state index in [1.807, 2.05) is 84.0 Å². The van der Waals surface area contributed by atoms with Gasteiger partial charge in [-0.1, -0.05) is 30.3 Å². The highest BCUT2D eigenvalue weighted by Gasteiger charge is 2.15. The normalized spacial score (nSPS) is 10.5. The Morgan fingerprint density at radius 1 is 0.636 bits per heavy atom. The predicted octanol–water partition coefficient (Wildman–Crippen LogP) is 3.60. The first-order valence-electron chi connectivity index (χ1n) is 10.3. The van der Waals surface area contributed by atoms with Crippen LogP contribution in [0.2, 0.25) is 0 Å². The average molecular weight is 439 g/mol. The van der Waals surface area contributed by atoms with Gasteiger partial charge in [0.1, 0.15) is 0 Å². The molecule has 0 saturated heterocycles. The predicted molar refractivity (Wildman–Crippen MR) is 120 cm³/mol. The first-order valence-corrected chi connectivity index (χ1v) is 10.3. The van der Waals surface area contributed by atoms with Crippen molar-refractivity contribution in [2.75, 3.05) is 0 Å². The molecule has 0 atom stereocenters. The van der Waals surface area contributed by atoms with Crippen LogP contribution in [0.1, 0.15) is 20.7 Å². The van der Waals surface area contributed by atoms with Crippen molar-refractivity contribution < 1.29 is 23.6 Å². The van der Waals surface area contributed by atoms with Crippen molar-refractivity contribution in [3.8, 4) is 11.1 Å². The Morgan fingerprint density at radius 3 is 1.48 bits per heavy atom. The second kappa shape index (κ2) is 9.74. The fourth-order valence-electron chi connectivity index (χ4n) is 3.42. The number of hydrogen-bond acceptors (Lipinski definition) is 4. The van der Waals surface area contributed by atoms with Gasteiger partial charge >= 0.3 is 0 Å². The fourth-order valence-corrected chi connectivity index (χ4v) is 3.42. The van der Waals surface area contributed by atoms with Crippen LogP contribution in [-0.4, -0.2) is 16.5 Å². The summed E-state index contributed by atoms with van der Waals surface area (Å²) >= 11 is 0. The first-order chi connectivity index (χ1) is 16.0. The molecule has 0 bridgehead atoms. The van der Waals surface area contributed by atoms with Gasteiger partial charge in [-0.3, -0.25) is 19.7 Å². The van der Waals surface area contributed by atoms with Crippen molar-refractivity contribution >= 4 is 17.3 Å². The minimum atomic E-state index is -0.492. The second-order valence-corrected chi connectivity index (χ2v) is 7.53. The number of aromatic nitrogens is 2. The van der Waals surface area contributed by atoms with Gasteiger partial charge in [0, 0.05) is 47.5 Å². The number of nitro groups is 1. The van der Waals surface area contributed by atoms with Crippen LogP contribution < -0.4 is 9.13 Å². The van der Waals surface area contributed by atoms with Crippen LogP contribution in [-0.2, 0) is 13.1 Å². The molecule has 0 N–H and O–H groups in total. The molecule has 0 radical (unpaired) electrons. The lowest BCUT2D eigenvalue weighted by Crippen LogP contribution is -2.37. The third kappa shape index (κ3) is 5.40. The van der Waals surface area contributed by atoms with Crippen LogP contribution in [0.4, 0.5) is 5.69 Å². The molecule has 33 heavy (non-hydrogen) atoms. The number of carbonyl (C=O) groups excluding carboxylic acids is 2. The third-order valence-electron chi connectivity index (χ3n) is 5.26. The molecule has 162 valence electrons. The smallest absolute Gasteiger partial charge is 0.269 e. The lowest BCUT2D eigenvalue weighted by Gasteiger charge is -2.02. The molecule has 0 amide bonds. The summed E-state index contributed by atoms with van der Waals surface area (Å²) in [4.78, 5) is 35.1. The lowest BCUT2D eigenvalue weighted by atomic mass is 10.1. The molecule has 4 aromatic rings. The molecular formula is C26H21N3O4+2. The molecule has 0 aliphatic rings. The number of Topliss-reactive ketones (excluding diaryl/α,β-unsaturated/α-hetero) is 2. The molecule has 0 unspecified atom stereocenters. The zero-order valence-corrected chi connectivity index (χ0v) is 17.7. The van der Waals surface area contributed by atoms with Crippen molar-refractivity contribution in [2.24, 2.45) is 0 Å². The van der Waals surface area contributed by atoms with Crippen LogP contribution in [0.3, 0.4) is 0 Å². The topological polar surface area (TPSA) is 85.0 Å². The summed E-state index contributed by atoms with van der Waals surface area (Å²) in [5, 5.41) is 10.7. The van der Waals surface area contributed by atoms with E-state index in [0.29, 0.717) is 11.1 Å². The standard InChI is InChI=1S/C26H21N3O4/c30-25(22-4-2-1-3-5-22)18-27-14-10-20(11-15-27)21-12-16-28(17-13-21)19-26(31)23-6-8-24(9-7-23)29(32)33/h1-17H,18-19H2/q+2. The Bertz CT molecular complexity index is 1280. The molecule has 4 rings (SSSR count). The van der Waals surface area contributed by atoms with Gasteiger partial charge < -0.3 is 0 Å². The van der Waals surface area contributed by atoms with Crippen molar-refractivity contribution in [1.29, 1.82) is 0 Å². The maximum Gasteiger partial charge on any atom is 0.269 e. The minimum absolute atomic E-state index is 0.0443. The zero-order chi connectivity index (χ0) is 23.2. The highest BCUT2D eigenvalue weighted by Crippen LogP contribution is 2.16. The molecule has 0 fully saturated rings. The molecule has 0 spiro atoms. The van der Waals surface area contributed by atoms with Gasteiger partial charge in [0.15, 0.2) is 24.8 Å². The molecular weight excluding hydrogens is 418 g/mol. The summed E-state index contributed by atoms with van der Waals surface area (Å²) in [6.07, 6.45) is 7.38. The van der Waals surface area contributed by atoms with Crippen LogP contribution in [0.15, 0.2) is 104 Å². The minimum Gasteiger partial charge on any atom is -0.287 e. The van der Waals surface area contributed by atoms with Crippen LogP contribution in [0.5, 0.6) is 0 Å². The average Bonchev–Trinajstić information content (AvgIpc) is 2.85. The zero-order valence-electron chi connectivity index (χ0n) is 17.7. The Balaban J connectivity index is 1.39. The van der Waals surface area contributed by atoms with Crippen molar-refractivity contribution in [1.82, 2.24) is 0 Å². The van der Waals surface area contributed by atoms with E-state index in [4.69, 9.17) is 0 Å². The SMILES string of the molecule is O=C(C[n+]1ccc(-c2cc[n+](CC(=O)c3ccc([N+](=O)[O-])cc3)cc2)cc1)c1ccccc1. The third-order valence-corrected chi connectivity index (χ3v) is 5.26. The van der Waals surface area contributed by atoms with E-state index >= 15 is 0 Å². The molecule has 0 aliphatic heterocycles. The number of hydrogen-bond donors (Lipinski definition) is 0. The number of nitro benzene ring substituents is 1. The van der Waals surface area contributed by atoms with E-state index in [9.17, 15) is 19.7 Å². The lowest BCUT2D eigenvalue weighted by molar-refractivity contribution is -0.683. The van der Waals surface area contributed by atoms with Crippen LogP contribution in [0.25, 0.3) is 11.1 Å². The van der Waals surface area contributed by atoms with E-state index in [-0.39, 0.29) is 30.3 Å². The maximum absolute atomic E-state index is 12.5. The summed E-state index contributed by atoms with van der Waals surface area (Å²) in [6.45, 7) is 0.401. The number of benzene rings is 2. The van der Waals surface area contributed by atoms with Crippen molar-refractivity contribution in [3.63, 3.8) is 0 Å². The molecule has 2 aromatic carbocycles. The molecule has 0 saturated carbocycles. The Morgan fingerprint density at radius 2 is 1.06 bits per heavy atom. The molecule has 7 nitrogen and oxygen atoms in total. The van der Waals surface area contributed by atoms with Gasteiger partial charge in [-0.2, -0.15) is 9.13 Å². The molecule has 0 aliphatic carbocycles. The van der Waals surface area contributed by atoms with E-state index in [2.05, 4.69) is 0 Å². The number of carbonyl (C=O) groups is 2. The number of pyridine rings is 2. The monoisotopic (exact) mass is 439 g/mol. The summed E-state index contributed by atoms with van der Waals surface area (Å²) in [6, 6.07) is 22.5. The van der Waals surface area contributed by atoms with Gasteiger partial charge in [-0.25, -0.2) is 0 Å². The van der Waals surface area contributed by atoms with Gasteiger partial charge in [-0.05, 0) is 23.3 Å². The quantitative estimate of drug-likeness (QED) is 0.182. The number of non-ortho nitro benzene ring substituents is 1. The molecule has 2 heterocycles. The highest BCUT2D eigenvalue weighted by molar-refractivity contribution is 5.95. The number of ketones is 2. The largest absolute Gasteiger partial charge is 0.287 e.